The van der Waals surface area contributed by atoms with Crippen LogP contribution in [0.2, 0.25) is 0 Å². The SMILES string of the molecule is Cc1ccc(OC(C)C(=O)NNC(=O)COc2ccccc2C(C)C)cc1C. The highest BCUT2D eigenvalue weighted by Crippen LogP contribution is 2.25. The molecule has 0 bridgehead atoms. The van der Waals surface area contributed by atoms with Gasteiger partial charge in [0.1, 0.15) is 11.5 Å². The van der Waals surface area contributed by atoms with Gasteiger partial charge >= 0.3 is 0 Å². The van der Waals surface area contributed by atoms with E-state index in [0.29, 0.717) is 11.5 Å². The summed E-state index contributed by atoms with van der Waals surface area (Å²) >= 11 is 0. The molecule has 28 heavy (non-hydrogen) atoms. The number of hydrazine groups is 1. The third-order valence-electron chi connectivity index (χ3n) is 4.39. The van der Waals surface area contributed by atoms with E-state index in [0.717, 1.165) is 16.7 Å². The Morgan fingerprint density at radius 3 is 2.36 bits per heavy atom. The van der Waals surface area contributed by atoms with Crippen molar-refractivity contribution in [1.29, 1.82) is 0 Å². The van der Waals surface area contributed by atoms with Crippen LogP contribution in [0.4, 0.5) is 0 Å². The number of rotatable bonds is 7. The molecule has 2 N–H and O–H groups in total. The highest BCUT2D eigenvalue weighted by atomic mass is 16.5. The molecule has 0 spiro atoms. The summed E-state index contributed by atoms with van der Waals surface area (Å²) < 4.78 is 11.2. The molecule has 0 heterocycles. The zero-order chi connectivity index (χ0) is 20.7. The van der Waals surface area contributed by atoms with E-state index in [4.69, 9.17) is 9.47 Å². The lowest BCUT2D eigenvalue weighted by Crippen LogP contribution is -2.48. The van der Waals surface area contributed by atoms with Crippen LogP contribution < -0.4 is 20.3 Å². The van der Waals surface area contributed by atoms with Crippen LogP contribution in [0.1, 0.15) is 43.4 Å². The zero-order valence-corrected chi connectivity index (χ0v) is 17.0. The maximum absolute atomic E-state index is 12.1. The monoisotopic (exact) mass is 384 g/mol. The van der Waals surface area contributed by atoms with Gasteiger partial charge in [0.15, 0.2) is 12.7 Å². The molecule has 0 aliphatic heterocycles. The van der Waals surface area contributed by atoms with Crippen LogP contribution in [-0.2, 0) is 9.59 Å². The molecule has 6 nitrogen and oxygen atoms in total. The van der Waals surface area contributed by atoms with Gasteiger partial charge in [0.25, 0.3) is 11.8 Å². The van der Waals surface area contributed by atoms with Crippen LogP contribution in [0.25, 0.3) is 0 Å². The Labute approximate surface area is 166 Å². The molecule has 1 atom stereocenters. The van der Waals surface area contributed by atoms with Crippen LogP contribution in [-0.4, -0.2) is 24.5 Å². The molecule has 6 heteroatoms. The van der Waals surface area contributed by atoms with Crippen molar-refractivity contribution in [2.24, 2.45) is 0 Å². The topological polar surface area (TPSA) is 76.7 Å². The molecule has 1 unspecified atom stereocenters. The number of hydrogen-bond acceptors (Lipinski definition) is 4. The second-order valence-electron chi connectivity index (χ2n) is 7.02. The van der Waals surface area contributed by atoms with Crippen LogP contribution in [0.15, 0.2) is 42.5 Å². The van der Waals surface area contributed by atoms with E-state index >= 15 is 0 Å². The lowest BCUT2D eigenvalue weighted by molar-refractivity contribution is -0.133. The van der Waals surface area contributed by atoms with E-state index in [1.807, 2.05) is 56.3 Å². The van der Waals surface area contributed by atoms with Gasteiger partial charge in [-0.1, -0.05) is 38.1 Å². The Morgan fingerprint density at radius 1 is 0.964 bits per heavy atom. The first-order chi connectivity index (χ1) is 13.3. The van der Waals surface area contributed by atoms with E-state index in [-0.39, 0.29) is 12.5 Å². The summed E-state index contributed by atoms with van der Waals surface area (Å²) in [6.45, 7) is 9.51. The fourth-order valence-electron chi connectivity index (χ4n) is 2.55. The van der Waals surface area contributed by atoms with Crippen molar-refractivity contribution in [3.63, 3.8) is 0 Å². The number of ether oxygens (including phenoxy) is 2. The minimum atomic E-state index is -0.759. The zero-order valence-electron chi connectivity index (χ0n) is 17.0. The molecule has 2 rings (SSSR count). The van der Waals surface area contributed by atoms with Crippen molar-refractivity contribution in [3.8, 4) is 11.5 Å². The highest BCUT2D eigenvalue weighted by molar-refractivity contribution is 5.85. The summed E-state index contributed by atoms with van der Waals surface area (Å²) in [6.07, 6.45) is -0.759. The number of aryl methyl sites for hydroxylation is 2. The molecule has 0 aliphatic carbocycles. The summed E-state index contributed by atoms with van der Waals surface area (Å²) in [5.74, 6) is 0.637. The van der Waals surface area contributed by atoms with Crippen molar-refractivity contribution < 1.29 is 19.1 Å². The predicted molar refractivity (Wildman–Crippen MR) is 108 cm³/mol. The summed E-state index contributed by atoms with van der Waals surface area (Å²) in [5.41, 5.74) is 7.96. The number of hydrogen-bond donors (Lipinski definition) is 2. The Bertz CT molecular complexity index is 833. The van der Waals surface area contributed by atoms with Gasteiger partial charge in [-0.25, -0.2) is 0 Å². The van der Waals surface area contributed by atoms with Crippen molar-refractivity contribution in [2.75, 3.05) is 6.61 Å². The van der Waals surface area contributed by atoms with Crippen molar-refractivity contribution in [2.45, 2.75) is 46.6 Å². The summed E-state index contributed by atoms with van der Waals surface area (Å²) in [5, 5.41) is 0. The molecule has 2 amide bonds. The number of amides is 2. The lowest BCUT2D eigenvalue weighted by Gasteiger charge is -2.16. The molecule has 0 saturated heterocycles. The Morgan fingerprint density at radius 2 is 1.68 bits per heavy atom. The van der Waals surface area contributed by atoms with E-state index < -0.39 is 17.9 Å². The first kappa shape index (κ1) is 21.3. The normalized spacial score (nSPS) is 11.6. The first-order valence-corrected chi connectivity index (χ1v) is 9.32. The van der Waals surface area contributed by atoms with Crippen molar-refractivity contribution >= 4 is 11.8 Å². The maximum atomic E-state index is 12.1. The quantitative estimate of drug-likeness (QED) is 0.717. The van der Waals surface area contributed by atoms with Gasteiger partial charge in [-0.2, -0.15) is 0 Å². The van der Waals surface area contributed by atoms with Gasteiger partial charge in [-0.15, -0.1) is 0 Å². The fourth-order valence-corrected chi connectivity index (χ4v) is 2.55. The molecule has 2 aromatic rings. The highest BCUT2D eigenvalue weighted by Gasteiger charge is 2.16. The van der Waals surface area contributed by atoms with E-state index in [9.17, 15) is 9.59 Å². The minimum Gasteiger partial charge on any atom is -0.483 e. The Balaban J connectivity index is 1.80. The molecule has 0 aromatic heterocycles. The molecular weight excluding hydrogens is 356 g/mol. The molecule has 0 saturated carbocycles. The van der Waals surface area contributed by atoms with Gasteiger partial charge in [-0.3, -0.25) is 20.4 Å². The maximum Gasteiger partial charge on any atom is 0.279 e. The summed E-state index contributed by atoms with van der Waals surface area (Å²) in [6, 6.07) is 13.2. The number of nitrogens with one attached hydrogen (secondary N) is 2. The average molecular weight is 384 g/mol. The van der Waals surface area contributed by atoms with E-state index in [1.54, 1.807) is 6.92 Å². The van der Waals surface area contributed by atoms with Gasteiger partial charge in [0.2, 0.25) is 0 Å². The smallest absolute Gasteiger partial charge is 0.279 e. The Hall–Kier alpha value is -3.02. The van der Waals surface area contributed by atoms with Gasteiger partial charge in [-0.05, 0) is 61.6 Å². The van der Waals surface area contributed by atoms with Gasteiger partial charge < -0.3 is 9.47 Å². The van der Waals surface area contributed by atoms with E-state index in [2.05, 4.69) is 24.7 Å². The second-order valence-corrected chi connectivity index (χ2v) is 7.02. The third kappa shape index (κ3) is 6.01. The molecule has 0 radical (unpaired) electrons. The Kier molecular flexibility index (Phi) is 7.44. The lowest BCUT2D eigenvalue weighted by atomic mass is 10.0. The molecule has 2 aromatic carbocycles. The molecular formula is C22H28N2O4. The van der Waals surface area contributed by atoms with Crippen LogP contribution in [0.3, 0.4) is 0 Å². The van der Waals surface area contributed by atoms with Gasteiger partial charge in [0, 0.05) is 0 Å². The van der Waals surface area contributed by atoms with Crippen LogP contribution in [0.5, 0.6) is 11.5 Å². The fraction of sp³-hybridized carbons (Fsp3) is 0.364. The largest absolute Gasteiger partial charge is 0.483 e. The number of benzene rings is 2. The molecule has 0 fully saturated rings. The summed E-state index contributed by atoms with van der Waals surface area (Å²) in [4.78, 5) is 24.1. The molecule has 150 valence electrons. The summed E-state index contributed by atoms with van der Waals surface area (Å²) in [7, 11) is 0. The van der Waals surface area contributed by atoms with Crippen LogP contribution in [0, 0.1) is 13.8 Å². The third-order valence-corrected chi connectivity index (χ3v) is 4.39. The molecule has 0 aliphatic rings. The minimum absolute atomic E-state index is 0.198. The van der Waals surface area contributed by atoms with Crippen molar-refractivity contribution in [3.05, 3.63) is 59.2 Å². The standard InChI is InChI=1S/C22H28N2O4/c1-14(2)19-8-6-7-9-20(19)27-13-21(25)23-24-22(26)17(5)28-18-11-10-15(3)16(4)12-18/h6-12,14,17H,13H2,1-5H3,(H,23,25)(H,24,26). The number of carbonyl (C=O) groups excluding carboxylic acids is 2. The number of para-hydroxylation sites is 1. The second kappa shape index (κ2) is 9.78. The number of carbonyl (C=O) groups is 2. The van der Waals surface area contributed by atoms with E-state index in [1.165, 1.54) is 0 Å². The predicted octanol–water partition coefficient (Wildman–Crippen LogP) is 3.42. The van der Waals surface area contributed by atoms with Crippen molar-refractivity contribution in [1.82, 2.24) is 10.9 Å². The first-order valence-electron chi connectivity index (χ1n) is 9.32. The van der Waals surface area contributed by atoms with Gasteiger partial charge in [0.05, 0.1) is 0 Å². The average Bonchev–Trinajstić information content (AvgIpc) is 2.67. The van der Waals surface area contributed by atoms with Crippen LogP contribution >= 0.6 is 0 Å².